The van der Waals surface area contributed by atoms with Crippen LogP contribution in [-0.4, -0.2) is 12.5 Å². The number of carbonyl (C=O) groups is 1. The molecule has 4 nitrogen and oxygen atoms in total. The van der Waals surface area contributed by atoms with E-state index in [0.717, 1.165) is 41.6 Å². The fourth-order valence-electron chi connectivity index (χ4n) is 4.90. The van der Waals surface area contributed by atoms with E-state index in [1.165, 1.54) is 44.1 Å². The Bertz CT molecular complexity index is 1100. The Balaban J connectivity index is 1.22. The lowest BCUT2D eigenvalue weighted by Gasteiger charge is -2.15. The van der Waals surface area contributed by atoms with Crippen LogP contribution < -0.4 is 15.4 Å². The fourth-order valence-corrected chi connectivity index (χ4v) is 4.90. The van der Waals surface area contributed by atoms with E-state index >= 15 is 0 Å². The van der Waals surface area contributed by atoms with Crippen molar-refractivity contribution in [2.75, 3.05) is 11.9 Å². The predicted molar refractivity (Wildman–Crippen MR) is 138 cm³/mol. The molecular weight excluding hydrogens is 420 g/mol. The van der Waals surface area contributed by atoms with Gasteiger partial charge in [0.15, 0.2) is 0 Å². The molecule has 2 aliphatic rings. The summed E-state index contributed by atoms with van der Waals surface area (Å²) in [7, 11) is 0. The molecule has 3 aromatic carbocycles. The van der Waals surface area contributed by atoms with Gasteiger partial charge in [0, 0.05) is 23.5 Å². The highest BCUT2D eigenvalue weighted by Crippen LogP contribution is 2.45. The number of benzene rings is 3. The molecule has 0 radical (unpaired) electrons. The molecule has 2 saturated carbocycles. The summed E-state index contributed by atoms with van der Waals surface area (Å²) in [5.41, 5.74) is 5.18. The summed E-state index contributed by atoms with van der Waals surface area (Å²) >= 11 is 0. The molecule has 0 saturated heterocycles. The SMILES string of the molecule is O=C(NCCC1CCCC1)c1cccc(Nc2ccc(OCc3ccccc3)cc2C2CC2)c1. The van der Waals surface area contributed by atoms with Gasteiger partial charge in [-0.2, -0.15) is 0 Å². The largest absolute Gasteiger partial charge is 0.489 e. The quantitative estimate of drug-likeness (QED) is 0.341. The second kappa shape index (κ2) is 10.8. The lowest BCUT2D eigenvalue weighted by Crippen LogP contribution is -2.25. The lowest BCUT2D eigenvalue weighted by molar-refractivity contribution is 0.0951. The number of hydrogen-bond acceptors (Lipinski definition) is 3. The minimum absolute atomic E-state index is 0.00808. The van der Waals surface area contributed by atoms with Gasteiger partial charge < -0.3 is 15.4 Å². The summed E-state index contributed by atoms with van der Waals surface area (Å²) in [6.07, 6.45) is 8.82. The number of rotatable bonds is 10. The van der Waals surface area contributed by atoms with Crippen LogP contribution in [0.3, 0.4) is 0 Å². The Morgan fingerprint density at radius 1 is 0.882 bits per heavy atom. The third-order valence-corrected chi connectivity index (χ3v) is 7.01. The first-order valence-electron chi connectivity index (χ1n) is 12.7. The van der Waals surface area contributed by atoms with Crippen LogP contribution in [0.4, 0.5) is 11.4 Å². The summed E-state index contributed by atoms with van der Waals surface area (Å²) in [5.74, 6) is 2.26. The van der Waals surface area contributed by atoms with Crippen LogP contribution in [0, 0.1) is 5.92 Å². The van der Waals surface area contributed by atoms with Crippen LogP contribution in [0.25, 0.3) is 0 Å². The van der Waals surface area contributed by atoms with Crippen molar-refractivity contribution in [1.82, 2.24) is 5.32 Å². The molecular formula is C30H34N2O2. The van der Waals surface area contributed by atoms with Crippen LogP contribution in [-0.2, 0) is 6.61 Å². The number of anilines is 2. The molecule has 0 bridgehead atoms. The highest BCUT2D eigenvalue weighted by molar-refractivity contribution is 5.95. The van der Waals surface area contributed by atoms with E-state index < -0.39 is 0 Å². The van der Waals surface area contributed by atoms with Gasteiger partial charge in [0.25, 0.3) is 5.91 Å². The van der Waals surface area contributed by atoms with E-state index in [9.17, 15) is 4.79 Å². The normalized spacial score (nSPS) is 15.8. The Morgan fingerprint density at radius 3 is 2.50 bits per heavy atom. The van der Waals surface area contributed by atoms with E-state index in [1.54, 1.807) is 0 Å². The van der Waals surface area contributed by atoms with Crippen molar-refractivity contribution >= 4 is 17.3 Å². The first-order valence-corrected chi connectivity index (χ1v) is 12.7. The molecule has 176 valence electrons. The third kappa shape index (κ3) is 5.99. The number of carbonyl (C=O) groups excluding carboxylic acids is 1. The van der Waals surface area contributed by atoms with Gasteiger partial charge in [-0.3, -0.25) is 4.79 Å². The first-order chi connectivity index (χ1) is 16.7. The van der Waals surface area contributed by atoms with Crippen molar-refractivity contribution in [2.45, 2.75) is 57.5 Å². The van der Waals surface area contributed by atoms with E-state index in [0.29, 0.717) is 18.1 Å². The molecule has 0 unspecified atom stereocenters. The zero-order valence-corrected chi connectivity index (χ0v) is 19.8. The van der Waals surface area contributed by atoms with E-state index in [2.05, 4.69) is 34.9 Å². The first kappa shape index (κ1) is 22.5. The van der Waals surface area contributed by atoms with Gasteiger partial charge in [0.2, 0.25) is 0 Å². The number of ether oxygens (including phenoxy) is 1. The molecule has 1 amide bonds. The van der Waals surface area contributed by atoms with Crippen LogP contribution in [0.15, 0.2) is 72.8 Å². The van der Waals surface area contributed by atoms with Crippen LogP contribution in [0.1, 0.15) is 72.3 Å². The molecule has 0 spiro atoms. The molecule has 2 fully saturated rings. The molecule has 3 aromatic rings. The minimum atomic E-state index is 0.00808. The maximum atomic E-state index is 12.7. The second-order valence-corrected chi connectivity index (χ2v) is 9.70. The van der Waals surface area contributed by atoms with Crippen molar-refractivity contribution in [3.8, 4) is 5.75 Å². The van der Waals surface area contributed by atoms with Gasteiger partial charge in [0.05, 0.1) is 0 Å². The van der Waals surface area contributed by atoms with E-state index in [4.69, 9.17) is 4.74 Å². The molecule has 4 heteroatoms. The lowest BCUT2D eigenvalue weighted by atomic mass is 10.0. The second-order valence-electron chi connectivity index (χ2n) is 9.70. The zero-order valence-electron chi connectivity index (χ0n) is 19.8. The van der Waals surface area contributed by atoms with Crippen molar-refractivity contribution in [3.63, 3.8) is 0 Å². The maximum Gasteiger partial charge on any atom is 0.251 e. The average molecular weight is 455 g/mol. The monoisotopic (exact) mass is 454 g/mol. The summed E-state index contributed by atoms with van der Waals surface area (Å²) < 4.78 is 6.06. The van der Waals surface area contributed by atoms with Gasteiger partial charge >= 0.3 is 0 Å². The molecule has 2 N–H and O–H groups in total. The van der Waals surface area contributed by atoms with Gasteiger partial charge in [0.1, 0.15) is 12.4 Å². The third-order valence-electron chi connectivity index (χ3n) is 7.01. The highest BCUT2D eigenvalue weighted by Gasteiger charge is 2.27. The maximum absolute atomic E-state index is 12.7. The summed E-state index contributed by atoms with van der Waals surface area (Å²) in [6, 6.07) is 24.3. The number of nitrogens with one attached hydrogen (secondary N) is 2. The number of amides is 1. The fraction of sp³-hybridized carbons (Fsp3) is 0.367. The highest BCUT2D eigenvalue weighted by atomic mass is 16.5. The molecule has 34 heavy (non-hydrogen) atoms. The average Bonchev–Trinajstić information content (AvgIpc) is 3.59. The van der Waals surface area contributed by atoms with Crippen molar-refractivity contribution < 1.29 is 9.53 Å². The molecule has 0 aliphatic heterocycles. The van der Waals surface area contributed by atoms with Crippen molar-refractivity contribution in [3.05, 3.63) is 89.5 Å². The standard InChI is InChI=1S/C30H34N2O2/c33-30(31-18-17-22-7-4-5-8-22)25-11-6-12-26(19-25)32-29-16-15-27(20-28(29)24-13-14-24)34-21-23-9-2-1-3-10-23/h1-3,6,9-12,15-16,19-20,22,24,32H,4-5,7-8,13-14,17-18,21H2,(H,31,33). The van der Waals surface area contributed by atoms with E-state index in [-0.39, 0.29) is 5.91 Å². The summed E-state index contributed by atoms with van der Waals surface area (Å²) in [4.78, 5) is 12.7. The van der Waals surface area contributed by atoms with Crippen LogP contribution >= 0.6 is 0 Å². The van der Waals surface area contributed by atoms with Crippen molar-refractivity contribution in [2.24, 2.45) is 5.92 Å². The Morgan fingerprint density at radius 2 is 1.71 bits per heavy atom. The molecule has 0 heterocycles. The van der Waals surface area contributed by atoms with Gasteiger partial charge in [-0.25, -0.2) is 0 Å². The van der Waals surface area contributed by atoms with Gasteiger partial charge in [-0.15, -0.1) is 0 Å². The van der Waals surface area contributed by atoms with Crippen LogP contribution in [0.5, 0.6) is 5.75 Å². The molecule has 5 rings (SSSR count). The minimum Gasteiger partial charge on any atom is -0.489 e. The summed E-state index contributed by atoms with van der Waals surface area (Å²) in [5, 5.41) is 6.66. The molecule has 2 aliphatic carbocycles. The van der Waals surface area contributed by atoms with Crippen molar-refractivity contribution in [1.29, 1.82) is 0 Å². The topological polar surface area (TPSA) is 50.4 Å². The van der Waals surface area contributed by atoms with Crippen LogP contribution in [0.2, 0.25) is 0 Å². The predicted octanol–water partition coefficient (Wildman–Crippen LogP) is 7.20. The van der Waals surface area contributed by atoms with E-state index in [1.807, 2.05) is 48.5 Å². The Labute approximate surface area is 202 Å². The molecule has 0 atom stereocenters. The number of hydrogen-bond donors (Lipinski definition) is 2. The summed E-state index contributed by atoms with van der Waals surface area (Å²) in [6.45, 7) is 1.33. The van der Waals surface area contributed by atoms with Gasteiger partial charge in [-0.1, -0.05) is 62.1 Å². The Kier molecular flexibility index (Phi) is 7.13. The zero-order chi connectivity index (χ0) is 23.2. The Hall–Kier alpha value is -3.27. The smallest absolute Gasteiger partial charge is 0.251 e. The van der Waals surface area contributed by atoms with Gasteiger partial charge in [-0.05, 0) is 78.6 Å². The molecule has 0 aromatic heterocycles.